The van der Waals surface area contributed by atoms with Crippen LogP contribution in [0.3, 0.4) is 0 Å². The van der Waals surface area contributed by atoms with Crippen molar-refractivity contribution in [2.24, 2.45) is 0 Å². The molecular weight excluding hydrogens is 427 g/mol. The van der Waals surface area contributed by atoms with E-state index >= 15 is 0 Å². The van der Waals surface area contributed by atoms with Gasteiger partial charge in [0.25, 0.3) is 0 Å². The third kappa shape index (κ3) is 4.61. The van der Waals surface area contributed by atoms with Crippen LogP contribution < -0.4 is 5.32 Å². The van der Waals surface area contributed by atoms with Crippen molar-refractivity contribution < 1.29 is 22.7 Å². The van der Waals surface area contributed by atoms with Crippen molar-refractivity contribution in [3.05, 3.63) is 65.7 Å². The molecule has 1 amide bonds. The van der Waals surface area contributed by atoms with Crippen molar-refractivity contribution in [3.63, 3.8) is 0 Å². The van der Waals surface area contributed by atoms with E-state index in [1.54, 1.807) is 4.90 Å². The van der Waals surface area contributed by atoms with Gasteiger partial charge in [-0.2, -0.15) is 13.2 Å². The van der Waals surface area contributed by atoms with Gasteiger partial charge in [-0.25, -0.2) is 4.79 Å². The van der Waals surface area contributed by atoms with Crippen molar-refractivity contribution >= 4 is 29.1 Å². The molecule has 2 heterocycles. The number of ether oxygens (including phenoxy) is 1. The molecule has 0 radical (unpaired) electrons. The van der Waals surface area contributed by atoms with E-state index in [4.69, 9.17) is 17.0 Å². The highest BCUT2D eigenvalue weighted by Crippen LogP contribution is 2.35. The second-order valence-corrected chi connectivity index (χ2v) is 7.99. The summed E-state index contributed by atoms with van der Waals surface area (Å²) in [5.74, 6) is 0. The first-order chi connectivity index (χ1) is 14.8. The number of nitrogens with zero attached hydrogens (tertiary/aromatic N) is 2. The molecule has 4 rings (SSSR count). The molecule has 2 saturated heterocycles. The lowest BCUT2D eigenvalue weighted by atomic mass is 9.99. The maximum atomic E-state index is 13.2. The molecule has 9 heteroatoms. The van der Waals surface area contributed by atoms with E-state index in [0.717, 1.165) is 11.6 Å². The van der Waals surface area contributed by atoms with Gasteiger partial charge in [-0.1, -0.05) is 42.5 Å². The Hall–Kier alpha value is -2.81. The number of likely N-dealkylation sites (tertiary alicyclic amines) is 1. The summed E-state index contributed by atoms with van der Waals surface area (Å²) in [5.41, 5.74) is 0.212. The van der Waals surface area contributed by atoms with Gasteiger partial charge in [0.1, 0.15) is 6.61 Å². The van der Waals surface area contributed by atoms with E-state index in [2.05, 4.69) is 5.32 Å². The van der Waals surface area contributed by atoms with Crippen LogP contribution >= 0.6 is 12.2 Å². The molecular formula is C22H22F3N3O2S. The van der Waals surface area contributed by atoms with Crippen LogP contribution in [0.25, 0.3) is 0 Å². The number of benzene rings is 2. The fourth-order valence-corrected chi connectivity index (χ4v) is 4.44. The number of alkyl halides is 3. The largest absolute Gasteiger partial charge is 0.447 e. The Morgan fingerprint density at radius 1 is 1.03 bits per heavy atom. The Morgan fingerprint density at radius 2 is 1.68 bits per heavy atom. The average Bonchev–Trinajstić information content (AvgIpc) is 3.15. The highest BCUT2D eigenvalue weighted by atomic mass is 32.1. The number of hydrogen-bond acceptors (Lipinski definition) is 3. The van der Waals surface area contributed by atoms with Gasteiger partial charge in [-0.3, -0.25) is 4.90 Å². The number of piperidine rings is 1. The number of amides is 1. The third-order valence-electron chi connectivity index (χ3n) is 5.71. The summed E-state index contributed by atoms with van der Waals surface area (Å²) in [6.45, 7) is 1.39. The van der Waals surface area contributed by atoms with Gasteiger partial charge in [-0.05, 0) is 42.8 Å². The molecule has 0 bridgehead atoms. The van der Waals surface area contributed by atoms with Gasteiger partial charge in [-0.15, -0.1) is 0 Å². The maximum Gasteiger partial charge on any atom is 0.418 e. The smallest absolute Gasteiger partial charge is 0.418 e. The molecule has 31 heavy (non-hydrogen) atoms. The van der Waals surface area contributed by atoms with Gasteiger partial charge in [0.15, 0.2) is 5.11 Å². The molecule has 164 valence electrons. The van der Waals surface area contributed by atoms with E-state index in [0.29, 0.717) is 32.5 Å². The SMILES string of the molecule is O=C1OCC(c2ccccc2)N1C1CCN(C(=S)Nc2ccccc2C(F)(F)F)CC1. The number of anilines is 1. The van der Waals surface area contributed by atoms with E-state index in [-0.39, 0.29) is 29.0 Å². The first-order valence-corrected chi connectivity index (χ1v) is 10.5. The minimum absolute atomic E-state index is 0.0123. The molecule has 0 spiro atoms. The zero-order chi connectivity index (χ0) is 22.0. The van der Waals surface area contributed by atoms with Gasteiger partial charge < -0.3 is 15.0 Å². The summed E-state index contributed by atoms with van der Waals surface area (Å²) in [6.07, 6.45) is -3.48. The monoisotopic (exact) mass is 449 g/mol. The number of halogens is 3. The molecule has 2 aromatic rings. The van der Waals surface area contributed by atoms with E-state index in [1.165, 1.54) is 18.2 Å². The molecule has 0 aromatic heterocycles. The van der Waals surface area contributed by atoms with Crippen LogP contribution in [0, 0.1) is 0 Å². The first-order valence-electron chi connectivity index (χ1n) is 10.1. The lowest BCUT2D eigenvalue weighted by Gasteiger charge is -2.39. The molecule has 5 nitrogen and oxygen atoms in total. The Balaban J connectivity index is 1.40. The van der Waals surface area contributed by atoms with E-state index in [9.17, 15) is 18.0 Å². The van der Waals surface area contributed by atoms with Crippen molar-refractivity contribution in [1.82, 2.24) is 9.80 Å². The van der Waals surface area contributed by atoms with Gasteiger partial charge in [0.05, 0.1) is 17.3 Å². The lowest BCUT2D eigenvalue weighted by molar-refractivity contribution is -0.136. The number of cyclic esters (lactones) is 1. The Morgan fingerprint density at radius 3 is 2.35 bits per heavy atom. The predicted molar refractivity (Wildman–Crippen MR) is 115 cm³/mol. The zero-order valence-corrected chi connectivity index (χ0v) is 17.5. The Bertz CT molecular complexity index is 947. The standard InChI is InChI=1S/C22H22F3N3O2S/c23-22(24,25)17-8-4-5-9-18(17)26-20(31)27-12-10-16(11-13-27)28-19(14-30-21(28)29)15-6-2-1-3-7-15/h1-9,16,19H,10-14H2,(H,26,31). The Labute approximate surface area is 183 Å². The van der Waals surface area contributed by atoms with Crippen LogP contribution in [0.2, 0.25) is 0 Å². The summed E-state index contributed by atoms with van der Waals surface area (Å²) in [5, 5.41) is 3.00. The normalized spacial score (nSPS) is 20.0. The number of rotatable bonds is 3. The first kappa shape index (κ1) is 21.4. The van der Waals surface area contributed by atoms with Crippen LogP contribution in [0.4, 0.5) is 23.7 Å². The van der Waals surface area contributed by atoms with Crippen molar-refractivity contribution in [2.75, 3.05) is 25.0 Å². The van der Waals surface area contributed by atoms with E-state index < -0.39 is 11.7 Å². The number of hydrogen-bond donors (Lipinski definition) is 1. The van der Waals surface area contributed by atoms with Crippen LogP contribution in [-0.4, -0.2) is 46.7 Å². The average molecular weight is 449 g/mol. The molecule has 0 saturated carbocycles. The van der Waals surface area contributed by atoms with Crippen molar-refractivity contribution in [2.45, 2.75) is 31.1 Å². The minimum Gasteiger partial charge on any atom is -0.447 e. The molecule has 2 aliphatic rings. The second kappa shape index (κ2) is 8.74. The molecule has 1 N–H and O–H groups in total. The number of thiocarbonyl (C=S) groups is 1. The Kier molecular flexibility index (Phi) is 6.04. The number of carbonyl (C=O) groups is 1. The summed E-state index contributed by atoms with van der Waals surface area (Å²) >= 11 is 5.38. The highest BCUT2D eigenvalue weighted by Gasteiger charge is 2.40. The van der Waals surface area contributed by atoms with Crippen LogP contribution in [0.5, 0.6) is 0 Å². The van der Waals surface area contributed by atoms with Gasteiger partial charge in [0.2, 0.25) is 0 Å². The van der Waals surface area contributed by atoms with Crippen LogP contribution in [-0.2, 0) is 10.9 Å². The number of para-hydroxylation sites is 1. The van der Waals surface area contributed by atoms with Crippen LogP contribution in [0.15, 0.2) is 54.6 Å². The second-order valence-electron chi connectivity index (χ2n) is 7.60. The molecule has 2 aliphatic heterocycles. The quantitative estimate of drug-likeness (QED) is 0.664. The molecule has 0 aliphatic carbocycles. The summed E-state index contributed by atoms with van der Waals surface area (Å²) < 4.78 is 45.0. The minimum atomic E-state index is -4.46. The predicted octanol–water partition coefficient (Wildman–Crippen LogP) is 5.06. The van der Waals surface area contributed by atoms with Crippen LogP contribution in [0.1, 0.15) is 30.0 Å². The summed E-state index contributed by atoms with van der Waals surface area (Å²) in [6, 6.07) is 14.9. The third-order valence-corrected chi connectivity index (χ3v) is 6.08. The summed E-state index contributed by atoms with van der Waals surface area (Å²) in [7, 11) is 0. The molecule has 2 fully saturated rings. The van der Waals surface area contributed by atoms with Crippen molar-refractivity contribution in [3.8, 4) is 0 Å². The fourth-order valence-electron chi connectivity index (χ4n) is 4.15. The van der Waals surface area contributed by atoms with E-state index in [1.807, 2.05) is 35.2 Å². The highest BCUT2D eigenvalue weighted by molar-refractivity contribution is 7.80. The van der Waals surface area contributed by atoms with Gasteiger partial charge >= 0.3 is 12.3 Å². The van der Waals surface area contributed by atoms with Gasteiger partial charge in [0, 0.05) is 19.1 Å². The molecule has 1 atom stereocenters. The zero-order valence-electron chi connectivity index (χ0n) is 16.6. The molecule has 1 unspecified atom stereocenters. The topological polar surface area (TPSA) is 44.8 Å². The van der Waals surface area contributed by atoms with Crippen molar-refractivity contribution in [1.29, 1.82) is 0 Å². The number of nitrogens with one attached hydrogen (secondary N) is 1. The fraction of sp³-hybridized carbons (Fsp3) is 0.364. The number of carbonyl (C=O) groups excluding carboxylic acids is 1. The lowest BCUT2D eigenvalue weighted by Crippen LogP contribution is -2.48. The summed E-state index contributed by atoms with van der Waals surface area (Å²) in [4.78, 5) is 16.0. The molecule has 2 aromatic carbocycles. The maximum absolute atomic E-state index is 13.2.